The van der Waals surface area contributed by atoms with Crippen molar-refractivity contribution in [2.24, 2.45) is 5.73 Å². The van der Waals surface area contributed by atoms with Crippen molar-refractivity contribution in [2.75, 3.05) is 6.26 Å². The third kappa shape index (κ3) is 2.46. The van der Waals surface area contributed by atoms with Gasteiger partial charge in [0.2, 0.25) is 0 Å². The number of benzene rings is 1. The normalized spacial score (nSPS) is 14.8. The first-order chi connectivity index (χ1) is 8.66. The lowest BCUT2D eigenvalue weighted by Crippen LogP contribution is -2.42. The van der Waals surface area contributed by atoms with E-state index in [9.17, 15) is 8.42 Å². The van der Waals surface area contributed by atoms with Gasteiger partial charge >= 0.3 is 0 Å². The maximum atomic E-state index is 11.9. The van der Waals surface area contributed by atoms with Crippen LogP contribution in [0.15, 0.2) is 28.1 Å². The molecule has 0 aliphatic heterocycles. The van der Waals surface area contributed by atoms with Crippen LogP contribution in [0.1, 0.15) is 25.5 Å². The van der Waals surface area contributed by atoms with Crippen molar-refractivity contribution in [3.63, 3.8) is 0 Å². The van der Waals surface area contributed by atoms with Crippen LogP contribution in [0.4, 0.5) is 0 Å². The molecule has 1 aromatic carbocycles. The van der Waals surface area contributed by atoms with Crippen molar-refractivity contribution < 1.29 is 8.42 Å². The molecule has 0 saturated carbocycles. The van der Waals surface area contributed by atoms with Crippen LogP contribution in [0.3, 0.4) is 0 Å². The number of halogens is 1. The second kappa shape index (κ2) is 4.84. The molecule has 0 fully saturated rings. The summed E-state index contributed by atoms with van der Waals surface area (Å²) in [7, 11) is -3.24. The maximum absolute atomic E-state index is 11.9. The lowest BCUT2D eigenvalue weighted by molar-refractivity contribution is 0.499. The number of thiophene rings is 1. The topological polar surface area (TPSA) is 60.2 Å². The van der Waals surface area contributed by atoms with Crippen molar-refractivity contribution >= 4 is 47.2 Å². The summed E-state index contributed by atoms with van der Waals surface area (Å²) in [6, 6.07) is 5.33. The molecule has 0 spiro atoms. The van der Waals surface area contributed by atoms with Gasteiger partial charge in [-0.2, -0.15) is 0 Å². The minimum absolute atomic E-state index is 0.550. The zero-order chi connectivity index (χ0) is 14.4. The number of nitrogens with two attached hydrogens (primary N) is 1. The Morgan fingerprint density at radius 1 is 1.37 bits per heavy atom. The van der Waals surface area contributed by atoms with Gasteiger partial charge in [-0.3, -0.25) is 0 Å². The van der Waals surface area contributed by atoms with E-state index < -0.39 is 20.6 Å². The SMILES string of the molecule is CC(C)(C(N)c1csc2c(Br)cccc12)S(C)(=O)=O. The maximum Gasteiger partial charge on any atom is 0.154 e. The van der Waals surface area contributed by atoms with E-state index in [4.69, 9.17) is 5.73 Å². The number of hydrogen-bond acceptors (Lipinski definition) is 4. The zero-order valence-corrected chi connectivity index (χ0v) is 14.2. The molecule has 0 amide bonds. The summed E-state index contributed by atoms with van der Waals surface area (Å²) >= 11 is 5.07. The Labute approximate surface area is 125 Å². The fourth-order valence-electron chi connectivity index (χ4n) is 1.89. The lowest BCUT2D eigenvalue weighted by Gasteiger charge is -2.29. The summed E-state index contributed by atoms with van der Waals surface area (Å²) < 4.78 is 24.9. The molecule has 2 N–H and O–H groups in total. The van der Waals surface area contributed by atoms with Crippen LogP contribution < -0.4 is 5.73 Å². The highest BCUT2D eigenvalue weighted by Gasteiger charge is 2.38. The van der Waals surface area contributed by atoms with Gasteiger partial charge in [0, 0.05) is 15.4 Å². The average molecular weight is 362 g/mol. The predicted octanol–water partition coefficient (Wildman–Crippen LogP) is 3.49. The number of rotatable bonds is 3. The Hall–Kier alpha value is -0.430. The Balaban J connectivity index is 2.60. The van der Waals surface area contributed by atoms with Gasteiger partial charge in [0.05, 0.1) is 10.8 Å². The van der Waals surface area contributed by atoms with E-state index >= 15 is 0 Å². The van der Waals surface area contributed by atoms with Crippen LogP contribution in [0.25, 0.3) is 10.1 Å². The van der Waals surface area contributed by atoms with E-state index in [1.807, 2.05) is 23.6 Å². The van der Waals surface area contributed by atoms with Crippen molar-refractivity contribution in [1.29, 1.82) is 0 Å². The van der Waals surface area contributed by atoms with Crippen LogP contribution in [0.2, 0.25) is 0 Å². The average Bonchev–Trinajstić information content (AvgIpc) is 2.71. The van der Waals surface area contributed by atoms with E-state index in [0.29, 0.717) is 0 Å². The highest BCUT2D eigenvalue weighted by Crippen LogP contribution is 2.39. The largest absolute Gasteiger partial charge is 0.323 e. The van der Waals surface area contributed by atoms with Gasteiger partial charge in [-0.1, -0.05) is 12.1 Å². The van der Waals surface area contributed by atoms with Crippen molar-refractivity contribution in [3.8, 4) is 0 Å². The number of hydrogen-bond donors (Lipinski definition) is 1. The van der Waals surface area contributed by atoms with E-state index in [1.54, 1.807) is 25.2 Å². The first-order valence-electron chi connectivity index (χ1n) is 5.77. The summed E-state index contributed by atoms with van der Waals surface area (Å²) in [4.78, 5) is 0. The predicted molar refractivity (Wildman–Crippen MR) is 85.4 cm³/mol. The molecular weight excluding hydrogens is 346 g/mol. The summed E-state index contributed by atoms with van der Waals surface area (Å²) in [5.74, 6) is 0. The van der Waals surface area contributed by atoms with Crippen LogP contribution in [-0.2, 0) is 9.84 Å². The fraction of sp³-hybridized carbons (Fsp3) is 0.385. The number of fused-ring (bicyclic) bond motifs is 1. The van der Waals surface area contributed by atoms with Gasteiger partial charge in [0.1, 0.15) is 0 Å². The Morgan fingerprint density at radius 3 is 2.58 bits per heavy atom. The molecule has 3 nitrogen and oxygen atoms in total. The van der Waals surface area contributed by atoms with E-state index in [-0.39, 0.29) is 0 Å². The molecule has 1 aromatic heterocycles. The van der Waals surface area contributed by atoms with Crippen LogP contribution >= 0.6 is 27.3 Å². The molecule has 19 heavy (non-hydrogen) atoms. The highest BCUT2D eigenvalue weighted by atomic mass is 79.9. The van der Waals surface area contributed by atoms with Gasteiger partial charge in [0.15, 0.2) is 9.84 Å². The molecule has 2 rings (SSSR count). The van der Waals surface area contributed by atoms with Gasteiger partial charge in [-0.15, -0.1) is 11.3 Å². The molecule has 0 bridgehead atoms. The second-order valence-electron chi connectivity index (χ2n) is 5.16. The molecule has 1 atom stereocenters. The smallest absolute Gasteiger partial charge is 0.154 e. The van der Waals surface area contributed by atoms with Crippen LogP contribution in [0.5, 0.6) is 0 Å². The zero-order valence-electron chi connectivity index (χ0n) is 11.0. The lowest BCUT2D eigenvalue weighted by atomic mass is 9.96. The number of sulfone groups is 1. The first kappa shape index (κ1) is 15.0. The molecule has 0 aliphatic rings. The first-order valence-corrected chi connectivity index (χ1v) is 9.33. The molecule has 1 unspecified atom stereocenters. The Morgan fingerprint density at radius 2 is 2.00 bits per heavy atom. The van der Waals surface area contributed by atoms with E-state index in [1.165, 1.54) is 6.26 Å². The second-order valence-corrected chi connectivity index (χ2v) is 9.49. The van der Waals surface area contributed by atoms with Gasteiger partial charge < -0.3 is 5.73 Å². The van der Waals surface area contributed by atoms with E-state index in [2.05, 4.69) is 15.9 Å². The Bertz CT molecular complexity index is 719. The molecule has 104 valence electrons. The Kier molecular flexibility index (Phi) is 3.81. The highest BCUT2D eigenvalue weighted by molar-refractivity contribution is 9.10. The van der Waals surface area contributed by atoms with Gasteiger partial charge in [0.25, 0.3) is 0 Å². The van der Waals surface area contributed by atoms with E-state index in [0.717, 1.165) is 20.1 Å². The van der Waals surface area contributed by atoms with Crippen LogP contribution in [0, 0.1) is 0 Å². The fourth-order valence-corrected chi connectivity index (χ4v) is 4.13. The minimum atomic E-state index is -3.24. The molecule has 0 aliphatic carbocycles. The minimum Gasteiger partial charge on any atom is -0.323 e. The van der Waals surface area contributed by atoms with Gasteiger partial charge in [-0.05, 0) is 52.2 Å². The standard InChI is InChI=1S/C13H16BrNO2S2/c1-13(2,19(3,16)17)12(15)9-7-18-11-8(9)5-4-6-10(11)14/h4-7,12H,15H2,1-3H3. The molecule has 0 radical (unpaired) electrons. The summed E-state index contributed by atoms with van der Waals surface area (Å²) in [6.45, 7) is 3.35. The van der Waals surface area contributed by atoms with Gasteiger partial charge in [-0.25, -0.2) is 8.42 Å². The van der Waals surface area contributed by atoms with Crippen molar-refractivity contribution in [1.82, 2.24) is 0 Å². The summed E-state index contributed by atoms with van der Waals surface area (Å²) in [6.07, 6.45) is 1.23. The molecule has 2 aromatic rings. The summed E-state index contributed by atoms with van der Waals surface area (Å²) in [5, 5.41) is 2.97. The third-order valence-corrected chi connectivity index (χ3v) is 7.76. The quantitative estimate of drug-likeness (QED) is 0.909. The molecular formula is C13H16BrNO2S2. The monoisotopic (exact) mass is 361 g/mol. The van der Waals surface area contributed by atoms with Crippen LogP contribution in [-0.4, -0.2) is 19.4 Å². The molecule has 0 saturated heterocycles. The van der Waals surface area contributed by atoms with Crippen molar-refractivity contribution in [3.05, 3.63) is 33.6 Å². The van der Waals surface area contributed by atoms with Crippen molar-refractivity contribution in [2.45, 2.75) is 24.6 Å². The molecule has 1 heterocycles. The molecule has 6 heteroatoms. The third-order valence-electron chi connectivity index (χ3n) is 3.62. The summed E-state index contributed by atoms with van der Waals surface area (Å²) in [5.41, 5.74) is 7.12.